The van der Waals surface area contributed by atoms with Gasteiger partial charge in [-0.1, -0.05) is 42.5 Å². The van der Waals surface area contributed by atoms with Gasteiger partial charge in [0.1, 0.15) is 5.60 Å². The third-order valence-electron chi connectivity index (χ3n) is 4.39. The number of likely N-dealkylation sites (tertiary alicyclic amines) is 1. The minimum absolute atomic E-state index is 0.157. The fraction of sp³-hybridized carbons (Fsp3) is 0.318. The van der Waals surface area contributed by atoms with E-state index in [4.69, 9.17) is 4.74 Å². The van der Waals surface area contributed by atoms with Crippen LogP contribution in [0.15, 0.2) is 54.6 Å². The summed E-state index contributed by atoms with van der Waals surface area (Å²) in [6.07, 6.45) is -0.383. The lowest BCUT2D eigenvalue weighted by molar-refractivity contribution is -0.139. The van der Waals surface area contributed by atoms with Crippen molar-refractivity contribution in [1.82, 2.24) is 4.90 Å². The molecule has 1 unspecified atom stereocenters. The third-order valence-corrected chi connectivity index (χ3v) is 4.39. The van der Waals surface area contributed by atoms with E-state index in [0.29, 0.717) is 5.69 Å². The van der Waals surface area contributed by atoms with Crippen LogP contribution in [0, 0.1) is 0 Å². The number of hydrogen-bond acceptors (Lipinski definition) is 4. The third kappa shape index (κ3) is 4.76. The quantitative estimate of drug-likeness (QED) is 0.811. The van der Waals surface area contributed by atoms with E-state index in [1.165, 1.54) is 4.90 Å². The summed E-state index contributed by atoms with van der Waals surface area (Å²) in [5.41, 5.74) is 1.66. The summed E-state index contributed by atoms with van der Waals surface area (Å²) >= 11 is 0. The van der Waals surface area contributed by atoms with Crippen LogP contribution in [0.25, 0.3) is 0 Å². The molecule has 0 spiro atoms. The topological polar surface area (TPSA) is 75.7 Å². The van der Waals surface area contributed by atoms with E-state index in [2.05, 4.69) is 5.32 Å². The predicted octanol–water partition coefficient (Wildman–Crippen LogP) is 4.08. The molecule has 1 aliphatic rings. The van der Waals surface area contributed by atoms with Gasteiger partial charge in [0.2, 0.25) is 11.8 Å². The van der Waals surface area contributed by atoms with E-state index in [1.54, 1.807) is 45.0 Å². The zero-order valence-electron chi connectivity index (χ0n) is 16.3. The second kappa shape index (κ2) is 7.84. The van der Waals surface area contributed by atoms with Gasteiger partial charge in [-0.2, -0.15) is 0 Å². The van der Waals surface area contributed by atoms with Gasteiger partial charge < -0.3 is 4.74 Å². The molecule has 0 aliphatic carbocycles. The molecule has 28 heavy (non-hydrogen) atoms. The summed E-state index contributed by atoms with van der Waals surface area (Å²) in [4.78, 5) is 38.3. The summed E-state index contributed by atoms with van der Waals surface area (Å²) < 4.78 is 5.22. The summed E-state index contributed by atoms with van der Waals surface area (Å²) in [7, 11) is 0. The summed E-state index contributed by atoms with van der Waals surface area (Å²) in [6.45, 7) is 5.66. The first-order chi connectivity index (χ1) is 13.2. The van der Waals surface area contributed by atoms with Gasteiger partial charge >= 0.3 is 6.09 Å². The highest BCUT2D eigenvalue weighted by Crippen LogP contribution is 2.31. The average molecular weight is 380 g/mol. The molecule has 3 amide bonds. The Hall–Kier alpha value is -3.15. The molecule has 1 saturated heterocycles. The molecule has 0 aromatic heterocycles. The maximum Gasteiger partial charge on any atom is 0.412 e. The van der Waals surface area contributed by atoms with Crippen molar-refractivity contribution >= 4 is 23.6 Å². The van der Waals surface area contributed by atoms with Gasteiger partial charge in [-0.25, -0.2) is 4.79 Å². The number of nitrogens with zero attached hydrogens (tertiary/aromatic N) is 1. The largest absolute Gasteiger partial charge is 0.444 e. The Morgan fingerprint density at radius 2 is 1.71 bits per heavy atom. The van der Waals surface area contributed by atoms with Crippen LogP contribution in [0.2, 0.25) is 0 Å². The van der Waals surface area contributed by atoms with E-state index in [9.17, 15) is 14.4 Å². The number of imide groups is 1. The highest BCUT2D eigenvalue weighted by molar-refractivity contribution is 6.06. The van der Waals surface area contributed by atoms with Crippen molar-refractivity contribution in [1.29, 1.82) is 0 Å². The van der Waals surface area contributed by atoms with Gasteiger partial charge in [-0.05, 0) is 44.0 Å². The number of carbonyl (C=O) groups is 3. The lowest BCUT2D eigenvalue weighted by Crippen LogP contribution is -2.29. The maximum absolute atomic E-state index is 12.8. The summed E-state index contributed by atoms with van der Waals surface area (Å²) in [5, 5.41) is 2.65. The number of rotatable bonds is 4. The van der Waals surface area contributed by atoms with Gasteiger partial charge in [0, 0.05) is 12.1 Å². The van der Waals surface area contributed by atoms with E-state index in [0.717, 1.165) is 11.1 Å². The minimum atomic E-state index is -0.580. The number of benzene rings is 2. The number of hydrogen-bond donors (Lipinski definition) is 1. The van der Waals surface area contributed by atoms with Gasteiger partial charge in [0.25, 0.3) is 0 Å². The zero-order valence-corrected chi connectivity index (χ0v) is 16.3. The predicted molar refractivity (Wildman–Crippen MR) is 106 cm³/mol. The molecule has 2 aromatic carbocycles. The molecular weight excluding hydrogens is 356 g/mol. The van der Waals surface area contributed by atoms with Crippen molar-refractivity contribution in [2.75, 3.05) is 5.32 Å². The first-order valence-corrected chi connectivity index (χ1v) is 9.21. The fourth-order valence-corrected chi connectivity index (χ4v) is 3.10. The van der Waals surface area contributed by atoms with Crippen molar-refractivity contribution in [2.45, 2.75) is 45.3 Å². The van der Waals surface area contributed by atoms with Crippen molar-refractivity contribution in [3.63, 3.8) is 0 Å². The Morgan fingerprint density at radius 3 is 2.32 bits per heavy atom. The minimum Gasteiger partial charge on any atom is -0.444 e. The van der Waals surface area contributed by atoms with Gasteiger partial charge in [0.05, 0.1) is 12.5 Å². The Kier molecular flexibility index (Phi) is 5.49. The SMILES string of the molecule is CC(C)(C)OC(=O)Nc1ccc(C2CC(=O)N(Cc3ccccc3)C2=O)cc1. The molecule has 1 fully saturated rings. The fourth-order valence-electron chi connectivity index (χ4n) is 3.10. The first kappa shape index (κ1) is 19.6. The highest BCUT2D eigenvalue weighted by atomic mass is 16.6. The molecule has 1 heterocycles. The van der Waals surface area contributed by atoms with Crippen LogP contribution < -0.4 is 5.32 Å². The number of nitrogens with one attached hydrogen (secondary N) is 1. The second-order valence-electron chi connectivity index (χ2n) is 7.81. The summed E-state index contributed by atoms with van der Waals surface area (Å²) in [6, 6.07) is 16.4. The molecule has 0 saturated carbocycles. The Balaban J connectivity index is 1.66. The number of anilines is 1. The molecular formula is C22H24N2O4. The standard InChI is InChI=1S/C22H24N2O4/c1-22(2,3)28-21(27)23-17-11-9-16(10-12-17)18-13-19(25)24(20(18)26)14-15-7-5-4-6-8-15/h4-12,18H,13-14H2,1-3H3,(H,23,27). The van der Waals surface area contributed by atoms with Crippen LogP contribution in [-0.4, -0.2) is 28.4 Å². The van der Waals surface area contributed by atoms with Crippen molar-refractivity contribution in [2.24, 2.45) is 0 Å². The van der Waals surface area contributed by atoms with Crippen LogP contribution in [0.4, 0.5) is 10.5 Å². The molecule has 3 rings (SSSR count). The van der Waals surface area contributed by atoms with Crippen molar-refractivity contribution in [3.8, 4) is 0 Å². The van der Waals surface area contributed by atoms with Gasteiger partial charge in [-0.15, -0.1) is 0 Å². The van der Waals surface area contributed by atoms with E-state index in [-0.39, 0.29) is 24.8 Å². The molecule has 1 aliphatic heterocycles. The maximum atomic E-state index is 12.8. The summed E-state index contributed by atoms with van der Waals surface area (Å²) in [5.74, 6) is -0.858. The van der Waals surface area contributed by atoms with Crippen LogP contribution in [0.5, 0.6) is 0 Å². The van der Waals surface area contributed by atoms with Crippen LogP contribution in [0.1, 0.15) is 44.2 Å². The molecule has 0 radical (unpaired) electrons. The van der Waals surface area contributed by atoms with E-state index in [1.807, 2.05) is 30.3 Å². The average Bonchev–Trinajstić information content (AvgIpc) is 2.90. The monoisotopic (exact) mass is 380 g/mol. The normalized spacial score (nSPS) is 17.0. The Labute approximate surface area is 164 Å². The number of carbonyl (C=O) groups excluding carboxylic acids is 3. The highest BCUT2D eigenvalue weighted by Gasteiger charge is 2.39. The first-order valence-electron chi connectivity index (χ1n) is 9.21. The van der Waals surface area contributed by atoms with Crippen molar-refractivity contribution < 1.29 is 19.1 Å². The number of amides is 3. The molecule has 6 heteroatoms. The Bertz CT molecular complexity index is 870. The lowest BCUT2D eigenvalue weighted by atomic mass is 9.97. The molecule has 1 N–H and O–H groups in total. The van der Waals surface area contributed by atoms with Gasteiger partial charge in [0.15, 0.2) is 0 Å². The van der Waals surface area contributed by atoms with Crippen LogP contribution in [-0.2, 0) is 20.9 Å². The molecule has 1 atom stereocenters. The molecule has 6 nitrogen and oxygen atoms in total. The molecule has 0 bridgehead atoms. The van der Waals surface area contributed by atoms with E-state index >= 15 is 0 Å². The van der Waals surface area contributed by atoms with Crippen molar-refractivity contribution in [3.05, 3.63) is 65.7 Å². The van der Waals surface area contributed by atoms with Crippen LogP contribution >= 0.6 is 0 Å². The number of ether oxygens (including phenoxy) is 1. The van der Waals surface area contributed by atoms with E-state index < -0.39 is 17.6 Å². The molecule has 2 aromatic rings. The smallest absolute Gasteiger partial charge is 0.412 e. The Morgan fingerprint density at radius 1 is 1.07 bits per heavy atom. The zero-order chi connectivity index (χ0) is 20.3. The lowest BCUT2D eigenvalue weighted by Gasteiger charge is -2.19. The van der Waals surface area contributed by atoms with Gasteiger partial charge in [-0.3, -0.25) is 19.8 Å². The second-order valence-corrected chi connectivity index (χ2v) is 7.81. The van der Waals surface area contributed by atoms with Crippen LogP contribution in [0.3, 0.4) is 0 Å². The molecule has 146 valence electrons.